The van der Waals surface area contributed by atoms with Crippen LogP contribution in [-0.2, 0) is 4.74 Å². The molecule has 0 N–H and O–H groups in total. The van der Waals surface area contributed by atoms with Crippen LogP contribution >= 0.6 is 0 Å². The first kappa shape index (κ1) is 15.0. The zero-order valence-electron chi connectivity index (χ0n) is 11.1. The number of imidazole rings is 1. The van der Waals surface area contributed by atoms with E-state index in [9.17, 15) is 14.3 Å². The minimum atomic E-state index is -1.34. The van der Waals surface area contributed by atoms with E-state index in [1.807, 2.05) is 0 Å². The number of fused-ring (bicyclic) bond motifs is 1. The number of carbonyl (C=O) groups is 1. The van der Waals surface area contributed by atoms with Crippen molar-refractivity contribution in [3.8, 4) is 0 Å². The van der Waals surface area contributed by atoms with Crippen molar-refractivity contribution in [3.05, 3.63) is 29.8 Å². The molecule has 5 nitrogen and oxygen atoms in total. The Morgan fingerprint density at radius 3 is 2.75 bits per heavy atom. The molecule has 1 fully saturated rings. The van der Waals surface area contributed by atoms with E-state index in [-0.39, 0.29) is 30.7 Å². The topological polar surface area (TPSA) is 67.2 Å². The fourth-order valence-corrected chi connectivity index (χ4v) is 2.53. The van der Waals surface area contributed by atoms with Crippen LogP contribution in [0.15, 0.2) is 18.2 Å². The Labute approximate surface area is 126 Å². The maximum Gasteiger partial charge on any atom is 1.00 e. The molecule has 20 heavy (non-hydrogen) atoms. The van der Waals surface area contributed by atoms with Crippen LogP contribution in [0.2, 0.25) is 0 Å². The van der Waals surface area contributed by atoms with Crippen molar-refractivity contribution in [1.29, 1.82) is 0 Å². The number of carboxylic acids is 1. The molecule has 0 saturated carbocycles. The van der Waals surface area contributed by atoms with Crippen LogP contribution in [0.1, 0.15) is 29.5 Å². The maximum absolute atomic E-state index is 13.2. The molecular weight excluding hydrogens is 258 g/mol. The van der Waals surface area contributed by atoms with E-state index in [0.717, 1.165) is 0 Å². The van der Waals surface area contributed by atoms with Gasteiger partial charge in [0.15, 0.2) is 5.82 Å². The van der Waals surface area contributed by atoms with Crippen LogP contribution in [0.4, 0.5) is 4.39 Å². The molecule has 0 aliphatic carbocycles. The third-order valence-electron chi connectivity index (χ3n) is 3.39. The number of halogens is 1. The smallest absolute Gasteiger partial charge is 0.542 e. The number of rotatable bonds is 2. The van der Waals surface area contributed by atoms with Gasteiger partial charge in [0.1, 0.15) is 11.8 Å². The predicted octanol–water partition coefficient (Wildman–Crippen LogP) is -2.11. The molecule has 100 valence electrons. The number of carbonyl (C=O) groups excluding carboxylic acids is 1. The third-order valence-corrected chi connectivity index (χ3v) is 3.39. The molecule has 2 aromatic rings. The molecule has 0 unspecified atom stereocenters. The minimum absolute atomic E-state index is 0. The maximum atomic E-state index is 13.2. The van der Waals surface area contributed by atoms with Crippen molar-refractivity contribution in [2.75, 3.05) is 13.2 Å². The average Bonchev–Trinajstić information content (AvgIpc) is 2.78. The van der Waals surface area contributed by atoms with Crippen LogP contribution < -0.4 is 24.0 Å². The van der Waals surface area contributed by atoms with Gasteiger partial charge < -0.3 is 19.2 Å². The Morgan fingerprint density at radius 2 is 2.10 bits per heavy atom. The summed E-state index contributed by atoms with van der Waals surface area (Å²) in [5.41, 5.74) is 0.957. The largest absolute Gasteiger partial charge is 1.00 e. The molecular formula is C13H12FLiN2O3. The van der Waals surface area contributed by atoms with Crippen molar-refractivity contribution in [2.45, 2.75) is 18.9 Å². The Bertz CT molecular complexity index is 638. The van der Waals surface area contributed by atoms with Gasteiger partial charge in [0.2, 0.25) is 0 Å². The molecule has 3 rings (SSSR count). The summed E-state index contributed by atoms with van der Waals surface area (Å²) in [7, 11) is 0. The molecule has 2 heterocycles. The van der Waals surface area contributed by atoms with Gasteiger partial charge in [0, 0.05) is 25.3 Å². The van der Waals surface area contributed by atoms with Crippen molar-refractivity contribution < 1.29 is 37.9 Å². The summed E-state index contributed by atoms with van der Waals surface area (Å²) in [6.07, 6.45) is 1.42. The molecule has 1 aliphatic heterocycles. The van der Waals surface area contributed by atoms with Gasteiger partial charge >= 0.3 is 18.9 Å². The van der Waals surface area contributed by atoms with Gasteiger partial charge in [-0.05, 0) is 25.0 Å². The van der Waals surface area contributed by atoms with Gasteiger partial charge in [0.25, 0.3) is 0 Å². The molecule has 1 aliphatic rings. The number of nitrogens with zero attached hydrogens (tertiary/aromatic N) is 2. The van der Waals surface area contributed by atoms with E-state index in [1.165, 1.54) is 12.1 Å². The molecule has 0 bridgehead atoms. The molecule has 1 saturated heterocycles. The van der Waals surface area contributed by atoms with Crippen LogP contribution in [0.25, 0.3) is 11.0 Å². The summed E-state index contributed by atoms with van der Waals surface area (Å²) in [6.45, 7) is 1.16. The predicted molar refractivity (Wildman–Crippen MR) is 63.1 cm³/mol. The van der Waals surface area contributed by atoms with Gasteiger partial charge in [0.05, 0.1) is 11.0 Å². The van der Waals surface area contributed by atoms with Crippen LogP contribution in [-0.4, -0.2) is 28.7 Å². The summed E-state index contributed by atoms with van der Waals surface area (Å²) in [6, 6.07) is 4.09. The van der Waals surface area contributed by atoms with Crippen LogP contribution in [0, 0.1) is 5.82 Å². The summed E-state index contributed by atoms with van der Waals surface area (Å²) in [4.78, 5) is 15.2. The zero-order valence-corrected chi connectivity index (χ0v) is 11.1. The van der Waals surface area contributed by atoms with Crippen LogP contribution in [0.5, 0.6) is 0 Å². The number of hydrogen-bond acceptors (Lipinski definition) is 4. The number of aromatic carboxylic acids is 1. The summed E-state index contributed by atoms with van der Waals surface area (Å²) in [5.74, 6) is -1.93. The first-order valence-corrected chi connectivity index (χ1v) is 6.13. The second-order valence-electron chi connectivity index (χ2n) is 4.57. The van der Waals surface area contributed by atoms with Gasteiger partial charge in [-0.25, -0.2) is 9.37 Å². The first-order valence-electron chi connectivity index (χ1n) is 6.13. The third kappa shape index (κ3) is 2.59. The number of benzene rings is 1. The standard InChI is InChI=1S/C13H13FN2O3.Li/c14-8-1-2-11-10(7-8)15-12(13(17)18)16(11)9-3-5-19-6-4-9;/h1-2,7,9H,3-6H2,(H,17,18);/q;+1/p-1. The van der Waals surface area contributed by atoms with Crippen molar-refractivity contribution in [1.82, 2.24) is 9.55 Å². The quantitative estimate of drug-likeness (QED) is 0.586. The minimum Gasteiger partial charge on any atom is -0.542 e. The Balaban J connectivity index is 0.00000147. The molecule has 0 atom stereocenters. The van der Waals surface area contributed by atoms with E-state index in [1.54, 1.807) is 10.6 Å². The number of aromatic nitrogens is 2. The van der Waals surface area contributed by atoms with Crippen LogP contribution in [0.3, 0.4) is 0 Å². The second-order valence-corrected chi connectivity index (χ2v) is 4.57. The zero-order chi connectivity index (χ0) is 13.4. The van der Waals surface area contributed by atoms with E-state index in [4.69, 9.17) is 4.74 Å². The molecule has 0 amide bonds. The number of ether oxygens (including phenoxy) is 1. The number of hydrogen-bond donors (Lipinski definition) is 0. The monoisotopic (exact) mass is 270 g/mol. The van der Waals surface area contributed by atoms with Crippen molar-refractivity contribution in [2.24, 2.45) is 0 Å². The summed E-state index contributed by atoms with van der Waals surface area (Å²) < 4.78 is 20.1. The molecule has 0 spiro atoms. The average molecular weight is 270 g/mol. The fraction of sp³-hybridized carbons (Fsp3) is 0.385. The van der Waals surface area contributed by atoms with E-state index >= 15 is 0 Å². The van der Waals surface area contributed by atoms with Gasteiger partial charge in [-0.3, -0.25) is 0 Å². The Morgan fingerprint density at radius 1 is 1.40 bits per heavy atom. The van der Waals surface area contributed by atoms with Gasteiger partial charge in [-0.2, -0.15) is 0 Å². The van der Waals surface area contributed by atoms with E-state index in [2.05, 4.69) is 4.98 Å². The van der Waals surface area contributed by atoms with Crippen molar-refractivity contribution >= 4 is 17.0 Å². The SMILES string of the molecule is O=C([O-])c1nc2cc(F)ccc2n1C1CCOCC1.[Li+]. The second kappa shape index (κ2) is 5.96. The first-order chi connectivity index (χ1) is 9.16. The molecule has 7 heteroatoms. The number of carboxylic acid groups (broad SMARTS) is 1. The van der Waals surface area contributed by atoms with Crippen molar-refractivity contribution in [3.63, 3.8) is 0 Å². The molecule has 1 aromatic carbocycles. The Kier molecular flexibility index (Phi) is 4.48. The normalized spacial score (nSPS) is 16.1. The Hall–Kier alpha value is -1.35. The van der Waals surface area contributed by atoms with Gasteiger partial charge in [-0.1, -0.05) is 0 Å². The van der Waals surface area contributed by atoms with E-state index < -0.39 is 11.8 Å². The van der Waals surface area contributed by atoms with E-state index in [0.29, 0.717) is 37.1 Å². The molecule has 0 radical (unpaired) electrons. The van der Waals surface area contributed by atoms with Gasteiger partial charge in [-0.15, -0.1) is 0 Å². The fourth-order valence-electron chi connectivity index (χ4n) is 2.53. The summed E-state index contributed by atoms with van der Waals surface area (Å²) in [5, 5.41) is 11.2. The molecule has 1 aromatic heterocycles. The summed E-state index contributed by atoms with van der Waals surface area (Å²) >= 11 is 0.